The number of aromatic nitrogens is 1. The molecular weight excluding hydrogens is 356 g/mol. The molecule has 0 aliphatic rings. The topological polar surface area (TPSA) is 81.4 Å². The molecule has 2 heterocycles. The van der Waals surface area contributed by atoms with Crippen molar-refractivity contribution in [1.29, 1.82) is 0 Å². The Labute approximate surface area is 160 Å². The summed E-state index contributed by atoms with van der Waals surface area (Å²) in [4.78, 5) is 28.7. The number of hydrogen-bond acceptors (Lipinski definition) is 5. The van der Waals surface area contributed by atoms with E-state index < -0.39 is 5.91 Å². The SMILES string of the molecule is Cc1cc(NC(=O)c2cc(=O)c3ccccc3o2)ccc1Oc1cccnc1. The van der Waals surface area contributed by atoms with E-state index in [1.165, 1.54) is 6.07 Å². The lowest BCUT2D eigenvalue weighted by molar-refractivity contribution is 0.0997. The third kappa shape index (κ3) is 3.61. The zero-order valence-corrected chi connectivity index (χ0v) is 15.0. The van der Waals surface area contributed by atoms with Crippen LogP contribution in [-0.4, -0.2) is 10.9 Å². The Morgan fingerprint density at radius 3 is 2.71 bits per heavy atom. The highest BCUT2D eigenvalue weighted by Gasteiger charge is 2.13. The van der Waals surface area contributed by atoms with Gasteiger partial charge in [-0.05, 0) is 55.0 Å². The number of nitrogens with one attached hydrogen (secondary N) is 1. The zero-order chi connectivity index (χ0) is 19.5. The fourth-order valence-electron chi connectivity index (χ4n) is 2.78. The van der Waals surface area contributed by atoms with Crippen LogP contribution in [-0.2, 0) is 0 Å². The molecule has 0 aliphatic carbocycles. The summed E-state index contributed by atoms with van der Waals surface area (Å²) >= 11 is 0. The van der Waals surface area contributed by atoms with Crippen molar-refractivity contribution in [2.45, 2.75) is 6.92 Å². The third-order valence-corrected chi connectivity index (χ3v) is 4.15. The van der Waals surface area contributed by atoms with E-state index in [1.807, 2.05) is 13.0 Å². The van der Waals surface area contributed by atoms with E-state index in [0.717, 1.165) is 5.56 Å². The first-order valence-electron chi connectivity index (χ1n) is 8.63. The number of anilines is 1. The van der Waals surface area contributed by atoms with Crippen molar-refractivity contribution in [3.8, 4) is 11.5 Å². The average Bonchev–Trinajstić information content (AvgIpc) is 2.71. The van der Waals surface area contributed by atoms with Gasteiger partial charge in [-0.1, -0.05) is 12.1 Å². The zero-order valence-electron chi connectivity index (χ0n) is 15.0. The van der Waals surface area contributed by atoms with E-state index >= 15 is 0 Å². The number of benzene rings is 2. The summed E-state index contributed by atoms with van der Waals surface area (Å²) in [5.74, 6) is 0.740. The Hall–Kier alpha value is -3.93. The molecule has 2 aromatic carbocycles. The number of aryl methyl sites for hydroxylation is 1. The van der Waals surface area contributed by atoms with Gasteiger partial charge in [0.25, 0.3) is 5.91 Å². The molecule has 0 atom stereocenters. The summed E-state index contributed by atoms with van der Waals surface area (Å²) in [6.07, 6.45) is 3.29. The largest absolute Gasteiger partial charge is 0.455 e. The number of nitrogens with zero attached hydrogens (tertiary/aromatic N) is 1. The average molecular weight is 372 g/mol. The molecule has 6 heteroatoms. The Bertz CT molecular complexity index is 1220. The fourth-order valence-corrected chi connectivity index (χ4v) is 2.78. The Morgan fingerprint density at radius 2 is 1.93 bits per heavy atom. The maximum atomic E-state index is 12.5. The van der Waals surface area contributed by atoms with Crippen molar-refractivity contribution >= 4 is 22.6 Å². The molecule has 0 radical (unpaired) electrons. The molecule has 0 saturated heterocycles. The lowest BCUT2D eigenvalue weighted by Gasteiger charge is -2.11. The van der Waals surface area contributed by atoms with Crippen LogP contribution < -0.4 is 15.5 Å². The molecule has 0 spiro atoms. The molecule has 4 aromatic rings. The molecule has 0 bridgehead atoms. The number of hydrogen-bond donors (Lipinski definition) is 1. The molecule has 0 fully saturated rings. The van der Waals surface area contributed by atoms with E-state index in [4.69, 9.17) is 9.15 Å². The Morgan fingerprint density at radius 1 is 1.07 bits per heavy atom. The summed E-state index contributed by atoms with van der Waals surface area (Å²) in [7, 11) is 0. The van der Waals surface area contributed by atoms with Gasteiger partial charge in [-0.2, -0.15) is 0 Å². The van der Waals surface area contributed by atoms with Crippen LogP contribution in [0.4, 0.5) is 5.69 Å². The van der Waals surface area contributed by atoms with Crippen molar-refractivity contribution in [1.82, 2.24) is 4.98 Å². The van der Waals surface area contributed by atoms with Crippen LogP contribution in [0.1, 0.15) is 16.1 Å². The van der Waals surface area contributed by atoms with Crippen molar-refractivity contribution in [3.05, 3.63) is 94.6 Å². The number of carbonyl (C=O) groups excluding carboxylic acids is 1. The summed E-state index contributed by atoms with van der Waals surface area (Å²) in [5.41, 5.74) is 1.51. The summed E-state index contributed by atoms with van der Waals surface area (Å²) in [6.45, 7) is 1.87. The minimum Gasteiger partial charge on any atom is -0.455 e. The van der Waals surface area contributed by atoms with Crippen LogP contribution in [0.15, 0.2) is 82.3 Å². The van der Waals surface area contributed by atoms with E-state index in [1.54, 1.807) is 60.9 Å². The maximum absolute atomic E-state index is 12.5. The first-order valence-corrected chi connectivity index (χ1v) is 8.63. The van der Waals surface area contributed by atoms with Crippen molar-refractivity contribution in [2.75, 3.05) is 5.32 Å². The lowest BCUT2D eigenvalue weighted by atomic mass is 10.2. The second kappa shape index (κ2) is 7.36. The first-order chi connectivity index (χ1) is 13.6. The summed E-state index contributed by atoms with van der Waals surface area (Å²) in [6, 6.07) is 16.9. The van der Waals surface area contributed by atoms with Gasteiger partial charge >= 0.3 is 0 Å². The Kier molecular flexibility index (Phi) is 4.60. The first kappa shape index (κ1) is 17.5. The summed E-state index contributed by atoms with van der Waals surface area (Å²) < 4.78 is 11.3. The van der Waals surface area contributed by atoms with Gasteiger partial charge in [0.15, 0.2) is 11.2 Å². The van der Waals surface area contributed by atoms with Crippen molar-refractivity contribution in [3.63, 3.8) is 0 Å². The highest BCUT2D eigenvalue weighted by atomic mass is 16.5. The predicted molar refractivity (Wildman–Crippen MR) is 106 cm³/mol. The van der Waals surface area contributed by atoms with Gasteiger partial charge in [-0.15, -0.1) is 0 Å². The van der Waals surface area contributed by atoms with Crippen molar-refractivity contribution < 1.29 is 13.9 Å². The van der Waals surface area contributed by atoms with Crippen LogP contribution in [0.2, 0.25) is 0 Å². The molecule has 6 nitrogen and oxygen atoms in total. The standard InChI is InChI=1S/C22H16N2O4/c1-14-11-15(8-9-19(14)27-16-5-4-10-23-13-16)24-22(26)21-12-18(25)17-6-2-3-7-20(17)28-21/h2-13H,1H3,(H,24,26). The molecule has 0 aliphatic heterocycles. The second-order valence-electron chi connectivity index (χ2n) is 6.20. The van der Waals surface area contributed by atoms with Gasteiger partial charge in [-0.3, -0.25) is 14.6 Å². The monoisotopic (exact) mass is 372 g/mol. The number of para-hydroxylation sites is 1. The van der Waals surface area contributed by atoms with E-state index in [9.17, 15) is 9.59 Å². The number of fused-ring (bicyclic) bond motifs is 1. The van der Waals surface area contributed by atoms with Crippen LogP contribution in [0.5, 0.6) is 11.5 Å². The molecule has 138 valence electrons. The Balaban J connectivity index is 1.55. The molecule has 1 amide bonds. The van der Waals surface area contributed by atoms with Crippen molar-refractivity contribution in [2.24, 2.45) is 0 Å². The number of carbonyl (C=O) groups is 1. The minimum absolute atomic E-state index is 0.0444. The molecule has 2 aromatic heterocycles. The molecule has 4 rings (SSSR count). The van der Waals surface area contributed by atoms with Gasteiger partial charge in [-0.25, -0.2) is 0 Å². The molecule has 1 N–H and O–H groups in total. The highest BCUT2D eigenvalue weighted by Crippen LogP contribution is 2.27. The van der Waals surface area contributed by atoms with E-state index in [-0.39, 0.29) is 11.2 Å². The molecule has 0 unspecified atom stereocenters. The van der Waals surface area contributed by atoms with Gasteiger partial charge < -0.3 is 14.5 Å². The fraction of sp³-hybridized carbons (Fsp3) is 0.0455. The molecular formula is C22H16N2O4. The minimum atomic E-state index is -0.497. The van der Waals surface area contributed by atoms with Gasteiger partial charge in [0, 0.05) is 18.0 Å². The van der Waals surface area contributed by atoms with Gasteiger partial charge in [0.05, 0.1) is 11.6 Å². The maximum Gasteiger partial charge on any atom is 0.291 e. The van der Waals surface area contributed by atoms with E-state index in [0.29, 0.717) is 28.2 Å². The second-order valence-corrected chi connectivity index (χ2v) is 6.20. The normalized spacial score (nSPS) is 10.6. The molecule has 28 heavy (non-hydrogen) atoms. The van der Waals surface area contributed by atoms with Gasteiger partial charge in [0.1, 0.15) is 17.1 Å². The van der Waals surface area contributed by atoms with Crippen LogP contribution in [0, 0.1) is 6.92 Å². The number of rotatable bonds is 4. The van der Waals surface area contributed by atoms with E-state index in [2.05, 4.69) is 10.3 Å². The number of pyridine rings is 1. The van der Waals surface area contributed by atoms with Crippen LogP contribution >= 0.6 is 0 Å². The predicted octanol–water partition coefficient (Wildman–Crippen LogP) is 4.54. The van der Waals surface area contributed by atoms with Crippen LogP contribution in [0.3, 0.4) is 0 Å². The van der Waals surface area contributed by atoms with Gasteiger partial charge in [0.2, 0.25) is 0 Å². The number of amides is 1. The third-order valence-electron chi connectivity index (χ3n) is 4.15. The lowest BCUT2D eigenvalue weighted by Crippen LogP contribution is -2.15. The smallest absolute Gasteiger partial charge is 0.291 e. The number of ether oxygens (including phenoxy) is 1. The summed E-state index contributed by atoms with van der Waals surface area (Å²) in [5, 5.41) is 3.18. The highest BCUT2D eigenvalue weighted by molar-refractivity contribution is 6.03. The van der Waals surface area contributed by atoms with Crippen LogP contribution in [0.25, 0.3) is 11.0 Å². The molecule has 0 saturated carbocycles. The quantitative estimate of drug-likeness (QED) is 0.569.